The molecule has 1 N–H and O–H groups in total. The largest absolute Gasteiger partial charge is 0.330 e. The molecule has 1 atom stereocenters. The molecule has 0 unspecified atom stereocenters. The van der Waals surface area contributed by atoms with Gasteiger partial charge in [-0.3, -0.25) is 9.59 Å². The van der Waals surface area contributed by atoms with Crippen LogP contribution in [0.5, 0.6) is 0 Å². The number of hydrogen-bond donors (Lipinski definition) is 1. The number of nitrogens with zero attached hydrogens (tertiary/aromatic N) is 2. The molecule has 0 saturated carbocycles. The van der Waals surface area contributed by atoms with Crippen molar-refractivity contribution >= 4 is 17.5 Å². The number of carbonyl (C=O) groups excluding carboxylic acids is 2. The van der Waals surface area contributed by atoms with Gasteiger partial charge in [0, 0.05) is 36.8 Å². The number of piperidine rings is 3. The van der Waals surface area contributed by atoms with Gasteiger partial charge >= 0.3 is 0 Å². The second-order valence-corrected chi connectivity index (χ2v) is 8.89. The van der Waals surface area contributed by atoms with Crippen LogP contribution in [0.15, 0.2) is 42.5 Å². The summed E-state index contributed by atoms with van der Waals surface area (Å²) in [4.78, 5) is 29.8. The normalized spacial score (nSPS) is 24.8. The van der Waals surface area contributed by atoms with Gasteiger partial charge in [-0.1, -0.05) is 31.2 Å². The second-order valence-electron chi connectivity index (χ2n) is 8.89. The average molecular weight is 404 g/mol. The lowest BCUT2D eigenvalue weighted by Gasteiger charge is -2.48. The van der Waals surface area contributed by atoms with Crippen LogP contribution in [-0.2, 0) is 11.3 Å². The van der Waals surface area contributed by atoms with Gasteiger partial charge in [-0.25, -0.2) is 0 Å². The summed E-state index contributed by atoms with van der Waals surface area (Å²) < 4.78 is 0. The van der Waals surface area contributed by atoms with E-state index < -0.39 is 0 Å². The van der Waals surface area contributed by atoms with E-state index >= 15 is 0 Å². The lowest BCUT2D eigenvalue weighted by Crippen LogP contribution is -2.57. The third-order valence-electron chi connectivity index (χ3n) is 6.92. The van der Waals surface area contributed by atoms with Crippen LogP contribution in [-0.4, -0.2) is 47.3 Å². The topological polar surface area (TPSA) is 52.7 Å². The molecule has 2 amide bonds. The summed E-state index contributed by atoms with van der Waals surface area (Å²) in [5.74, 6) is 0.862. The molecule has 3 saturated heterocycles. The van der Waals surface area contributed by atoms with Crippen molar-refractivity contribution in [2.75, 3.05) is 25.0 Å². The number of benzene rings is 2. The van der Waals surface area contributed by atoms with Crippen LogP contribution in [0, 0.1) is 5.92 Å². The predicted molar refractivity (Wildman–Crippen MR) is 118 cm³/mol. The molecule has 4 heterocycles. The molecular weight excluding hydrogens is 374 g/mol. The monoisotopic (exact) mass is 403 g/mol. The molecule has 2 aromatic rings. The quantitative estimate of drug-likeness (QED) is 0.816. The molecule has 4 aliphatic rings. The SMILES string of the molecule is CCCC(=O)Nc1cccc(-c2ccc3c(c2)C(=O)N([C@H]2CN4CCC2CC4)C3)c1. The Morgan fingerprint density at radius 2 is 1.90 bits per heavy atom. The zero-order chi connectivity index (χ0) is 20.7. The predicted octanol–water partition coefficient (Wildman–Crippen LogP) is 4.14. The van der Waals surface area contributed by atoms with Gasteiger partial charge in [0.1, 0.15) is 0 Å². The Bertz CT molecular complexity index is 978. The van der Waals surface area contributed by atoms with Crippen molar-refractivity contribution in [3.63, 3.8) is 0 Å². The molecule has 30 heavy (non-hydrogen) atoms. The Morgan fingerprint density at radius 3 is 2.63 bits per heavy atom. The third kappa shape index (κ3) is 3.52. The molecule has 0 aromatic heterocycles. The van der Waals surface area contributed by atoms with Gasteiger partial charge < -0.3 is 15.1 Å². The summed E-state index contributed by atoms with van der Waals surface area (Å²) in [5.41, 5.74) is 4.80. The first-order valence-corrected chi connectivity index (χ1v) is 11.2. The summed E-state index contributed by atoms with van der Waals surface area (Å²) >= 11 is 0. The molecule has 6 rings (SSSR count). The average Bonchev–Trinajstić information content (AvgIpc) is 3.11. The minimum absolute atomic E-state index is 0.0342. The van der Waals surface area contributed by atoms with Gasteiger partial charge in [0.05, 0.1) is 0 Å². The standard InChI is InChI=1S/C25H29N3O2/c1-2-4-24(29)26-21-6-3-5-18(13-21)19-7-8-20-15-28(25(30)22(20)14-19)23-16-27-11-9-17(23)10-12-27/h3,5-8,13-14,17,23H,2,4,9-12,15-16H2,1H3,(H,26,29)/t23-/m0/s1. The van der Waals surface area contributed by atoms with Gasteiger partial charge in [-0.2, -0.15) is 0 Å². The fourth-order valence-electron chi connectivity index (χ4n) is 5.28. The van der Waals surface area contributed by atoms with E-state index in [4.69, 9.17) is 0 Å². The van der Waals surface area contributed by atoms with E-state index in [0.29, 0.717) is 18.4 Å². The van der Waals surface area contributed by atoms with Crippen LogP contribution in [0.2, 0.25) is 0 Å². The molecule has 3 fully saturated rings. The number of fused-ring (bicyclic) bond motifs is 4. The van der Waals surface area contributed by atoms with Crippen molar-refractivity contribution in [1.29, 1.82) is 0 Å². The second kappa shape index (κ2) is 7.88. The van der Waals surface area contributed by atoms with Crippen molar-refractivity contribution in [3.05, 3.63) is 53.6 Å². The van der Waals surface area contributed by atoms with Crippen molar-refractivity contribution in [2.45, 2.75) is 45.2 Å². The summed E-state index contributed by atoms with van der Waals surface area (Å²) in [6.07, 6.45) is 3.78. The van der Waals surface area contributed by atoms with Gasteiger partial charge in [0.25, 0.3) is 5.91 Å². The Balaban J connectivity index is 1.37. The molecule has 5 heteroatoms. The zero-order valence-electron chi connectivity index (χ0n) is 17.6. The first-order chi connectivity index (χ1) is 14.6. The van der Waals surface area contributed by atoms with Gasteiger partial charge in [-0.05, 0) is 73.2 Å². The number of nitrogens with one attached hydrogen (secondary N) is 1. The van der Waals surface area contributed by atoms with Crippen molar-refractivity contribution in [1.82, 2.24) is 9.80 Å². The van der Waals surface area contributed by atoms with E-state index in [1.165, 1.54) is 25.9 Å². The van der Waals surface area contributed by atoms with Crippen molar-refractivity contribution in [3.8, 4) is 11.1 Å². The molecule has 156 valence electrons. The van der Waals surface area contributed by atoms with E-state index in [1.807, 2.05) is 37.3 Å². The van der Waals surface area contributed by atoms with E-state index in [-0.39, 0.29) is 11.8 Å². The minimum Gasteiger partial charge on any atom is -0.330 e. The van der Waals surface area contributed by atoms with E-state index in [0.717, 1.165) is 47.5 Å². The van der Waals surface area contributed by atoms with Crippen LogP contribution < -0.4 is 5.32 Å². The first-order valence-electron chi connectivity index (χ1n) is 11.2. The Kier molecular flexibility index (Phi) is 5.07. The van der Waals surface area contributed by atoms with Gasteiger partial charge in [0.2, 0.25) is 5.91 Å². The highest BCUT2D eigenvalue weighted by molar-refractivity contribution is 6.00. The molecular formula is C25H29N3O2. The summed E-state index contributed by atoms with van der Waals surface area (Å²) in [6.45, 7) is 6.13. The van der Waals surface area contributed by atoms with Crippen LogP contribution >= 0.6 is 0 Å². The van der Waals surface area contributed by atoms with Crippen LogP contribution in [0.3, 0.4) is 0 Å². The number of anilines is 1. The van der Waals surface area contributed by atoms with Gasteiger partial charge in [-0.15, -0.1) is 0 Å². The Morgan fingerprint density at radius 1 is 1.10 bits per heavy atom. The lowest BCUT2D eigenvalue weighted by molar-refractivity contribution is -0.116. The minimum atomic E-state index is 0.0342. The summed E-state index contributed by atoms with van der Waals surface area (Å²) in [6, 6.07) is 14.5. The van der Waals surface area contributed by atoms with Crippen LogP contribution in [0.25, 0.3) is 11.1 Å². The molecule has 0 spiro atoms. The maximum atomic E-state index is 13.3. The Labute approximate surface area is 178 Å². The highest BCUT2D eigenvalue weighted by Gasteiger charge is 2.42. The van der Waals surface area contributed by atoms with Crippen molar-refractivity contribution in [2.24, 2.45) is 5.92 Å². The number of hydrogen-bond acceptors (Lipinski definition) is 3. The summed E-state index contributed by atoms with van der Waals surface area (Å²) in [5, 5.41) is 2.96. The van der Waals surface area contributed by atoms with Gasteiger partial charge in [0.15, 0.2) is 0 Å². The Hall–Kier alpha value is -2.66. The zero-order valence-corrected chi connectivity index (χ0v) is 17.6. The number of amides is 2. The fourth-order valence-corrected chi connectivity index (χ4v) is 5.28. The molecule has 2 aromatic carbocycles. The molecule has 0 radical (unpaired) electrons. The van der Waals surface area contributed by atoms with E-state index in [2.05, 4.69) is 27.2 Å². The van der Waals surface area contributed by atoms with E-state index in [1.54, 1.807) is 0 Å². The molecule has 2 bridgehead atoms. The first kappa shape index (κ1) is 19.3. The van der Waals surface area contributed by atoms with Crippen molar-refractivity contribution < 1.29 is 9.59 Å². The highest BCUT2D eigenvalue weighted by Crippen LogP contribution is 2.36. The summed E-state index contributed by atoms with van der Waals surface area (Å²) in [7, 11) is 0. The third-order valence-corrected chi connectivity index (χ3v) is 6.92. The number of carbonyl (C=O) groups is 2. The van der Waals surface area contributed by atoms with E-state index in [9.17, 15) is 9.59 Å². The fraction of sp³-hybridized carbons (Fsp3) is 0.440. The van der Waals surface area contributed by atoms with Crippen LogP contribution in [0.1, 0.15) is 48.5 Å². The maximum absolute atomic E-state index is 13.3. The molecule has 0 aliphatic carbocycles. The molecule has 5 nitrogen and oxygen atoms in total. The highest BCUT2D eigenvalue weighted by atomic mass is 16.2. The molecule has 4 aliphatic heterocycles. The smallest absolute Gasteiger partial charge is 0.254 e. The lowest BCUT2D eigenvalue weighted by atomic mass is 9.83. The van der Waals surface area contributed by atoms with Crippen LogP contribution in [0.4, 0.5) is 5.69 Å². The number of rotatable bonds is 5. The maximum Gasteiger partial charge on any atom is 0.254 e.